The summed E-state index contributed by atoms with van der Waals surface area (Å²) < 4.78 is 15.7. The Hall–Kier alpha value is -3.21. The van der Waals surface area contributed by atoms with Gasteiger partial charge in [0.2, 0.25) is 5.43 Å². The summed E-state index contributed by atoms with van der Waals surface area (Å²) in [6.07, 6.45) is 4.87. The van der Waals surface area contributed by atoms with Crippen molar-refractivity contribution in [2.24, 2.45) is 0 Å². The van der Waals surface area contributed by atoms with Crippen LogP contribution in [0.25, 0.3) is 17.0 Å². The Bertz CT molecular complexity index is 1050. The number of allylic oxidation sites excluding steroid dienone is 1. The number of aryl methyl sites for hydroxylation is 1. The van der Waals surface area contributed by atoms with Gasteiger partial charge in [-0.2, -0.15) is 0 Å². The van der Waals surface area contributed by atoms with Gasteiger partial charge < -0.3 is 9.67 Å². The summed E-state index contributed by atoms with van der Waals surface area (Å²) in [5.74, 6) is -1.89. The molecule has 1 aromatic heterocycles. The minimum atomic E-state index is -1.33. The van der Waals surface area contributed by atoms with Gasteiger partial charge in [0.25, 0.3) is 0 Å². The van der Waals surface area contributed by atoms with E-state index in [-0.39, 0.29) is 23.0 Å². The molecule has 0 amide bonds. The predicted molar refractivity (Wildman–Crippen MR) is 95.3 cm³/mol. The van der Waals surface area contributed by atoms with E-state index in [2.05, 4.69) is 0 Å². The number of fused-ring (bicyclic) bond motifs is 1. The Morgan fingerprint density at radius 2 is 2.00 bits per heavy atom. The summed E-state index contributed by atoms with van der Waals surface area (Å²) in [6.45, 7) is 2.23. The standard InChI is InChI=1S/C20H16FNO3/c1-13-5-2-6-14(11-13)7-4-10-22-12-16(20(24)25)19(23)15-8-3-9-17(21)18(15)22/h2-9,11-12H,10H2,1H3,(H,24,25)/b7-4+. The Morgan fingerprint density at radius 1 is 1.24 bits per heavy atom. The lowest BCUT2D eigenvalue weighted by atomic mass is 10.1. The second kappa shape index (κ2) is 6.73. The number of benzene rings is 2. The van der Waals surface area contributed by atoms with Crippen LogP contribution in [0.3, 0.4) is 0 Å². The Kier molecular flexibility index (Phi) is 4.48. The van der Waals surface area contributed by atoms with Crippen LogP contribution in [0.5, 0.6) is 0 Å². The minimum Gasteiger partial charge on any atom is -0.477 e. The molecule has 0 aliphatic carbocycles. The molecular formula is C20H16FNO3. The lowest BCUT2D eigenvalue weighted by Gasteiger charge is -2.11. The number of rotatable bonds is 4. The first-order valence-electron chi connectivity index (χ1n) is 7.75. The van der Waals surface area contributed by atoms with Crippen LogP contribution >= 0.6 is 0 Å². The van der Waals surface area contributed by atoms with Crippen molar-refractivity contribution in [3.63, 3.8) is 0 Å². The van der Waals surface area contributed by atoms with Crippen molar-refractivity contribution in [2.45, 2.75) is 13.5 Å². The van der Waals surface area contributed by atoms with Crippen LogP contribution in [0.15, 0.2) is 59.5 Å². The van der Waals surface area contributed by atoms with Crippen LogP contribution in [-0.4, -0.2) is 15.6 Å². The van der Waals surface area contributed by atoms with Crippen molar-refractivity contribution >= 4 is 22.9 Å². The van der Waals surface area contributed by atoms with Gasteiger partial charge in [-0.05, 0) is 24.6 Å². The van der Waals surface area contributed by atoms with Crippen LogP contribution in [0.4, 0.5) is 4.39 Å². The highest BCUT2D eigenvalue weighted by molar-refractivity contribution is 5.92. The third-order valence-electron chi connectivity index (χ3n) is 3.93. The first-order valence-corrected chi connectivity index (χ1v) is 7.75. The third-order valence-corrected chi connectivity index (χ3v) is 3.93. The van der Waals surface area contributed by atoms with Gasteiger partial charge in [0.15, 0.2) is 0 Å². The fraction of sp³-hybridized carbons (Fsp3) is 0.100. The number of carbonyl (C=O) groups is 1. The van der Waals surface area contributed by atoms with E-state index in [1.807, 2.05) is 37.3 Å². The summed E-state index contributed by atoms with van der Waals surface area (Å²) in [7, 11) is 0. The monoisotopic (exact) mass is 337 g/mol. The highest BCUT2D eigenvalue weighted by atomic mass is 19.1. The van der Waals surface area contributed by atoms with Crippen molar-refractivity contribution < 1.29 is 14.3 Å². The summed E-state index contributed by atoms with van der Waals surface area (Å²) in [6, 6.07) is 12.0. The maximum Gasteiger partial charge on any atom is 0.341 e. The van der Waals surface area contributed by atoms with Gasteiger partial charge >= 0.3 is 5.97 Å². The van der Waals surface area contributed by atoms with Crippen molar-refractivity contribution in [1.82, 2.24) is 4.57 Å². The van der Waals surface area contributed by atoms with Crippen molar-refractivity contribution in [1.29, 1.82) is 0 Å². The molecule has 0 saturated heterocycles. The third kappa shape index (κ3) is 3.35. The zero-order valence-corrected chi connectivity index (χ0v) is 13.6. The van der Waals surface area contributed by atoms with E-state index in [0.29, 0.717) is 0 Å². The molecule has 0 unspecified atom stereocenters. The average molecular weight is 337 g/mol. The molecule has 0 fully saturated rings. The number of para-hydroxylation sites is 1. The van der Waals surface area contributed by atoms with Gasteiger partial charge in [-0.25, -0.2) is 9.18 Å². The summed E-state index contributed by atoms with van der Waals surface area (Å²) in [5, 5.41) is 9.29. The molecule has 0 spiro atoms. The Labute approximate surface area is 143 Å². The summed E-state index contributed by atoms with van der Waals surface area (Å²) in [4.78, 5) is 23.5. The summed E-state index contributed by atoms with van der Waals surface area (Å²) >= 11 is 0. The highest BCUT2D eigenvalue weighted by Crippen LogP contribution is 2.16. The Balaban J connectivity index is 2.07. The van der Waals surface area contributed by atoms with Crippen molar-refractivity contribution in [3.05, 3.63) is 87.5 Å². The average Bonchev–Trinajstić information content (AvgIpc) is 2.57. The Morgan fingerprint density at radius 3 is 2.72 bits per heavy atom. The zero-order chi connectivity index (χ0) is 18.0. The highest BCUT2D eigenvalue weighted by Gasteiger charge is 2.16. The molecule has 1 N–H and O–H groups in total. The number of halogens is 1. The molecule has 2 aromatic carbocycles. The molecule has 0 radical (unpaired) electrons. The largest absolute Gasteiger partial charge is 0.477 e. The molecule has 0 aliphatic rings. The van der Waals surface area contributed by atoms with E-state index >= 15 is 0 Å². The predicted octanol–water partition coefficient (Wildman–Crippen LogP) is 3.86. The maximum atomic E-state index is 14.2. The molecule has 3 aromatic rings. The van der Waals surface area contributed by atoms with Gasteiger partial charge in [0, 0.05) is 18.1 Å². The fourth-order valence-electron chi connectivity index (χ4n) is 2.79. The van der Waals surface area contributed by atoms with Crippen LogP contribution in [0.1, 0.15) is 21.5 Å². The molecule has 4 nitrogen and oxygen atoms in total. The first-order chi connectivity index (χ1) is 12.0. The number of nitrogens with zero attached hydrogens (tertiary/aromatic N) is 1. The number of aromatic carboxylic acids is 1. The second-order valence-electron chi connectivity index (χ2n) is 5.78. The van der Waals surface area contributed by atoms with Crippen molar-refractivity contribution in [2.75, 3.05) is 0 Å². The van der Waals surface area contributed by atoms with E-state index < -0.39 is 17.2 Å². The van der Waals surface area contributed by atoms with E-state index in [1.54, 1.807) is 6.08 Å². The molecule has 0 saturated carbocycles. The number of hydrogen-bond donors (Lipinski definition) is 1. The lowest BCUT2D eigenvalue weighted by molar-refractivity contribution is 0.0695. The van der Waals surface area contributed by atoms with Crippen LogP contribution in [0.2, 0.25) is 0 Å². The molecular weight excluding hydrogens is 321 g/mol. The molecule has 1 heterocycles. The molecule has 0 aliphatic heterocycles. The summed E-state index contributed by atoms with van der Waals surface area (Å²) in [5.41, 5.74) is 1.16. The first kappa shape index (κ1) is 16.6. The van der Waals surface area contributed by atoms with Crippen LogP contribution in [0, 0.1) is 12.7 Å². The van der Waals surface area contributed by atoms with Gasteiger partial charge in [-0.15, -0.1) is 0 Å². The number of carboxylic acids is 1. The quantitative estimate of drug-likeness (QED) is 0.786. The molecule has 3 rings (SSSR count). The maximum absolute atomic E-state index is 14.2. The second-order valence-corrected chi connectivity index (χ2v) is 5.78. The van der Waals surface area contributed by atoms with Gasteiger partial charge in [-0.1, -0.05) is 48.0 Å². The topological polar surface area (TPSA) is 59.3 Å². The van der Waals surface area contributed by atoms with E-state index in [0.717, 1.165) is 11.1 Å². The van der Waals surface area contributed by atoms with E-state index in [4.69, 9.17) is 0 Å². The number of hydrogen-bond acceptors (Lipinski definition) is 2. The SMILES string of the molecule is Cc1cccc(/C=C/Cn2cc(C(=O)O)c(=O)c3cccc(F)c32)c1. The zero-order valence-electron chi connectivity index (χ0n) is 13.6. The lowest BCUT2D eigenvalue weighted by Crippen LogP contribution is -2.19. The number of carboxylic acid groups (broad SMARTS) is 1. The normalized spacial score (nSPS) is 11.3. The van der Waals surface area contributed by atoms with E-state index in [1.165, 1.54) is 29.0 Å². The fourth-order valence-corrected chi connectivity index (χ4v) is 2.79. The van der Waals surface area contributed by atoms with Crippen molar-refractivity contribution in [3.8, 4) is 0 Å². The number of aromatic nitrogens is 1. The molecule has 25 heavy (non-hydrogen) atoms. The molecule has 5 heteroatoms. The van der Waals surface area contributed by atoms with Crippen LogP contribution in [-0.2, 0) is 6.54 Å². The molecule has 0 atom stereocenters. The van der Waals surface area contributed by atoms with Gasteiger partial charge in [-0.3, -0.25) is 4.79 Å². The number of pyridine rings is 1. The van der Waals surface area contributed by atoms with Crippen LogP contribution < -0.4 is 5.43 Å². The van der Waals surface area contributed by atoms with E-state index in [9.17, 15) is 19.1 Å². The van der Waals surface area contributed by atoms with Gasteiger partial charge in [0.05, 0.1) is 5.52 Å². The molecule has 126 valence electrons. The molecule has 0 bridgehead atoms. The smallest absolute Gasteiger partial charge is 0.341 e. The van der Waals surface area contributed by atoms with Gasteiger partial charge in [0.1, 0.15) is 11.4 Å². The minimum absolute atomic E-state index is 0.0591.